The Kier molecular flexibility index (Phi) is 5.71. The van der Waals surface area contributed by atoms with Crippen molar-refractivity contribution in [2.45, 2.75) is 33.4 Å². The second-order valence-electron chi connectivity index (χ2n) is 7.23. The molecule has 9 heteroatoms. The molecule has 0 unspecified atom stereocenters. The molecule has 2 aromatic heterocycles. The van der Waals surface area contributed by atoms with Gasteiger partial charge in [-0.25, -0.2) is 9.67 Å². The van der Waals surface area contributed by atoms with Gasteiger partial charge in [-0.2, -0.15) is 0 Å². The Hall–Kier alpha value is -3.33. The van der Waals surface area contributed by atoms with Crippen molar-refractivity contribution in [2.24, 2.45) is 0 Å². The molecule has 0 aliphatic heterocycles. The number of para-hydroxylation sites is 1. The fourth-order valence-electron chi connectivity index (χ4n) is 3.81. The minimum atomic E-state index is -0.385. The molecule has 0 amide bonds. The van der Waals surface area contributed by atoms with E-state index in [0.29, 0.717) is 12.1 Å². The van der Waals surface area contributed by atoms with Gasteiger partial charge in [0.1, 0.15) is 17.9 Å². The highest BCUT2D eigenvalue weighted by Gasteiger charge is 2.16. The van der Waals surface area contributed by atoms with Gasteiger partial charge in [-0.3, -0.25) is 10.1 Å². The summed E-state index contributed by atoms with van der Waals surface area (Å²) < 4.78 is 3.98. The van der Waals surface area contributed by atoms with Crippen molar-refractivity contribution in [2.75, 3.05) is 19.6 Å². The van der Waals surface area contributed by atoms with Gasteiger partial charge in [0.25, 0.3) is 5.69 Å². The van der Waals surface area contributed by atoms with Crippen molar-refractivity contribution in [3.8, 4) is 0 Å². The normalized spacial score (nSPS) is 11.7. The molecule has 0 saturated heterocycles. The maximum Gasteiger partial charge on any atom is 0.271 e. The molecule has 0 aliphatic rings. The van der Waals surface area contributed by atoms with Crippen LogP contribution in [-0.4, -0.2) is 54.0 Å². The molecule has 0 radical (unpaired) electrons. The first-order chi connectivity index (χ1) is 14.6. The summed E-state index contributed by atoms with van der Waals surface area (Å²) in [5, 5.41) is 19.7. The number of nitrogens with zero attached hydrogens (tertiary/aromatic N) is 7. The van der Waals surface area contributed by atoms with E-state index < -0.39 is 0 Å². The second kappa shape index (κ2) is 8.58. The van der Waals surface area contributed by atoms with Crippen molar-refractivity contribution in [3.05, 3.63) is 58.4 Å². The van der Waals surface area contributed by atoms with Gasteiger partial charge in [-0.05, 0) is 44.3 Å². The summed E-state index contributed by atoms with van der Waals surface area (Å²) in [7, 11) is 0. The Balaban J connectivity index is 1.69. The number of nitro benzene ring substituents is 1. The zero-order valence-corrected chi connectivity index (χ0v) is 17.2. The Bertz CT molecular complexity index is 1180. The Morgan fingerprint density at radius 3 is 2.63 bits per heavy atom. The first-order valence-corrected chi connectivity index (χ1v) is 10.2. The summed E-state index contributed by atoms with van der Waals surface area (Å²) in [6.07, 6.45) is 0.967. The van der Waals surface area contributed by atoms with Crippen LogP contribution in [0.4, 0.5) is 5.69 Å². The molecule has 0 atom stereocenters. The summed E-state index contributed by atoms with van der Waals surface area (Å²) in [6.45, 7) is 8.59. The molecule has 0 aliphatic carbocycles. The first-order valence-electron chi connectivity index (χ1n) is 10.2. The maximum absolute atomic E-state index is 11.2. The van der Waals surface area contributed by atoms with Crippen LogP contribution >= 0.6 is 0 Å². The average molecular weight is 407 g/mol. The molecule has 0 spiro atoms. The van der Waals surface area contributed by atoms with Gasteiger partial charge in [0.2, 0.25) is 0 Å². The van der Waals surface area contributed by atoms with Gasteiger partial charge in [-0.1, -0.05) is 31.2 Å². The zero-order valence-electron chi connectivity index (χ0n) is 17.2. The Labute approximate surface area is 174 Å². The minimum absolute atomic E-state index is 0.0491. The van der Waals surface area contributed by atoms with Crippen molar-refractivity contribution in [1.82, 2.24) is 29.4 Å². The van der Waals surface area contributed by atoms with Gasteiger partial charge in [0.15, 0.2) is 0 Å². The summed E-state index contributed by atoms with van der Waals surface area (Å²) in [6, 6.07) is 12.7. The van der Waals surface area contributed by atoms with Gasteiger partial charge >= 0.3 is 0 Å². The highest BCUT2D eigenvalue weighted by atomic mass is 16.6. The van der Waals surface area contributed by atoms with E-state index in [0.717, 1.165) is 55.0 Å². The highest BCUT2D eigenvalue weighted by molar-refractivity contribution is 5.79. The van der Waals surface area contributed by atoms with Crippen LogP contribution in [0.2, 0.25) is 0 Å². The van der Waals surface area contributed by atoms with Gasteiger partial charge < -0.3 is 9.47 Å². The number of hydrogen-bond donors (Lipinski definition) is 0. The topological polar surface area (TPSA) is 94.9 Å². The molecular formula is C21H25N7O2. The maximum atomic E-state index is 11.2. The number of rotatable bonds is 9. The third kappa shape index (κ3) is 3.88. The molecule has 30 heavy (non-hydrogen) atoms. The molecule has 4 aromatic rings. The van der Waals surface area contributed by atoms with Crippen molar-refractivity contribution < 1.29 is 4.92 Å². The SMILES string of the molecule is CCN(CC)CCCn1c(Cn2nnc3ccccc32)nc2cc([N+](=O)[O-])ccc21. The van der Waals surface area contributed by atoms with Crippen LogP contribution in [0.15, 0.2) is 42.5 Å². The number of fused-ring (bicyclic) bond motifs is 2. The van der Waals surface area contributed by atoms with Crippen LogP contribution in [0.25, 0.3) is 22.1 Å². The van der Waals surface area contributed by atoms with E-state index >= 15 is 0 Å². The molecule has 0 saturated carbocycles. The zero-order chi connectivity index (χ0) is 21.1. The monoisotopic (exact) mass is 407 g/mol. The standard InChI is InChI=1S/C21H25N7O2/c1-3-25(4-2)12-7-13-26-19-11-10-16(28(29)30)14-18(19)22-21(26)15-27-20-9-6-5-8-17(20)23-24-27/h5-6,8-11,14H,3-4,7,12-13,15H2,1-2H3. The fraction of sp³-hybridized carbons (Fsp3) is 0.381. The molecule has 2 heterocycles. The van der Waals surface area contributed by atoms with Gasteiger partial charge in [0, 0.05) is 18.7 Å². The summed E-state index contributed by atoms with van der Waals surface area (Å²) in [4.78, 5) is 17.9. The Morgan fingerprint density at radius 1 is 1.07 bits per heavy atom. The number of hydrogen-bond acceptors (Lipinski definition) is 6. The highest BCUT2D eigenvalue weighted by Crippen LogP contribution is 2.23. The third-order valence-corrected chi connectivity index (χ3v) is 5.48. The van der Waals surface area contributed by atoms with E-state index in [-0.39, 0.29) is 10.6 Å². The predicted octanol–water partition coefficient (Wildman–Crippen LogP) is 3.47. The average Bonchev–Trinajstić information content (AvgIpc) is 3.32. The van der Waals surface area contributed by atoms with E-state index in [2.05, 4.69) is 33.6 Å². The smallest absolute Gasteiger partial charge is 0.271 e. The lowest BCUT2D eigenvalue weighted by molar-refractivity contribution is -0.384. The van der Waals surface area contributed by atoms with E-state index in [4.69, 9.17) is 4.98 Å². The fourth-order valence-corrected chi connectivity index (χ4v) is 3.81. The molecule has 2 aromatic carbocycles. The Morgan fingerprint density at radius 2 is 1.87 bits per heavy atom. The third-order valence-electron chi connectivity index (χ3n) is 5.48. The predicted molar refractivity (Wildman–Crippen MR) is 115 cm³/mol. The summed E-state index contributed by atoms with van der Waals surface area (Å²) >= 11 is 0. The molecule has 0 bridgehead atoms. The van der Waals surface area contributed by atoms with Crippen LogP contribution in [0.3, 0.4) is 0 Å². The van der Waals surface area contributed by atoms with Gasteiger partial charge in [0.05, 0.1) is 21.5 Å². The lowest BCUT2D eigenvalue weighted by atomic mass is 10.2. The molecule has 156 valence electrons. The van der Waals surface area contributed by atoms with E-state index in [1.165, 1.54) is 0 Å². The number of benzene rings is 2. The second-order valence-corrected chi connectivity index (χ2v) is 7.23. The molecule has 9 nitrogen and oxygen atoms in total. The minimum Gasteiger partial charge on any atom is -0.326 e. The lowest BCUT2D eigenvalue weighted by Crippen LogP contribution is -2.25. The van der Waals surface area contributed by atoms with E-state index in [9.17, 15) is 10.1 Å². The van der Waals surface area contributed by atoms with Crippen molar-refractivity contribution in [3.63, 3.8) is 0 Å². The first kappa shape index (κ1) is 20.0. The van der Waals surface area contributed by atoms with Crippen LogP contribution in [0.5, 0.6) is 0 Å². The quantitative estimate of drug-likeness (QED) is 0.311. The van der Waals surface area contributed by atoms with Gasteiger partial charge in [-0.15, -0.1) is 5.10 Å². The van der Waals surface area contributed by atoms with Crippen molar-refractivity contribution >= 4 is 27.8 Å². The van der Waals surface area contributed by atoms with Crippen LogP contribution in [0, 0.1) is 10.1 Å². The number of imidazole rings is 1. The molecular weight excluding hydrogens is 382 g/mol. The largest absolute Gasteiger partial charge is 0.326 e. The molecule has 0 fully saturated rings. The number of aromatic nitrogens is 5. The number of aryl methyl sites for hydroxylation is 1. The molecule has 0 N–H and O–H groups in total. The van der Waals surface area contributed by atoms with E-state index in [1.807, 2.05) is 28.9 Å². The van der Waals surface area contributed by atoms with Crippen LogP contribution in [-0.2, 0) is 13.1 Å². The van der Waals surface area contributed by atoms with Crippen molar-refractivity contribution in [1.29, 1.82) is 0 Å². The summed E-state index contributed by atoms with van der Waals surface area (Å²) in [5.74, 6) is 0.820. The van der Waals surface area contributed by atoms with Crippen LogP contribution in [0.1, 0.15) is 26.1 Å². The lowest BCUT2D eigenvalue weighted by Gasteiger charge is -2.18. The number of non-ortho nitro benzene ring substituents is 1. The molecule has 4 rings (SSSR count). The summed E-state index contributed by atoms with van der Waals surface area (Å²) in [5.41, 5.74) is 3.35. The van der Waals surface area contributed by atoms with Crippen LogP contribution < -0.4 is 0 Å². The van der Waals surface area contributed by atoms with E-state index in [1.54, 1.807) is 18.2 Å². The number of nitro groups is 1.